The minimum Gasteiger partial charge on any atom is -0.316 e. The summed E-state index contributed by atoms with van der Waals surface area (Å²) in [6.45, 7) is 3.45. The Hall–Kier alpha value is -0.980. The van der Waals surface area contributed by atoms with Gasteiger partial charge in [-0.25, -0.2) is 12.8 Å². The van der Waals surface area contributed by atoms with Crippen molar-refractivity contribution in [3.63, 3.8) is 0 Å². The van der Waals surface area contributed by atoms with Crippen molar-refractivity contribution in [2.24, 2.45) is 5.92 Å². The van der Waals surface area contributed by atoms with Gasteiger partial charge in [0, 0.05) is 19.6 Å². The van der Waals surface area contributed by atoms with Gasteiger partial charge in [-0.3, -0.25) is 0 Å². The Morgan fingerprint density at radius 2 is 2.21 bits per heavy atom. The maximum absolute atomic E-state index is 13.4. The summed E-state index contributed by atoms with van der Waals surface area (Å²) in [5.74, 6) is -0.165. The van der Waals surface area contributed by atoms with Crippen molar-refractivity contribution in [3.8, 4) is 0 Å². The lowest BCUT2D eigenvalue weighted by atomic mass is 10.2. The molecular weight excluding hydrogens is 267 g/mol. The molecule has 0 bridgehead atoms. The molecule has 1 aromatic rings. The minimum atomic E-state index is -3.59. The van der Waals surface area contributed by atoms with Gasteiger partial charge in [-0.2, -0.15) is 4.31 Å². The van der Waals surface area contributed by atoms with Crippen molar-refractivity contribution in [3.05, 3.63) is 29.6 Å². The maximum Gasteiger partial charge on any atom is 0.243 e. The van der Waals surface area contributed by atoms with Gasteiger partial charge in [0.1, 0.15) is 5.82 Å². The lowest BCUT2D eigenvalue weighted by Gasteiger charge is -2.18. The fourth-order valence-electron chi connectivity index (χ4n) is 2.36. The molecule has 4 nitrogen and oxygen atoms in total. The topological polar surface area (TPSA) is 49.4 Å². The number of nitrogens with zero attached hydrogens (tertiary/aromatic N) is 1. The molecule has 1 aliphatic rings. The summed E-state index contributed by atoms with van der Waals surface area (Å²) in [5.41, 5.74) is 0.600. The van der Waals surface area contributed by atoms with Crippen molar-refractivity contribution in [1.29, 1.82) is 0 Å². The molecule has 1 heterocycles. The maximum atomic E-state index is 13.4. The number of hydrogen-bond acceptors (Lipinski definition) is 3. The highest BCUT2D eigenvalue weighted by Gasteiger charge is 2.32. The van der Waals surface area contributed by atoms with E-state index in [0.717, 1.165) is 12.5 Å². The van der Waals surface area contributed by atoms with Gasteiger partial charge in [-0.05, 0) is 37.1 Å². The Bertz CT molecular complexity index is 560. The zero-order chi connectivity index (χ0) is 14.0. The molecule has 1 N–H and O–H groups in total. The molecule has 0 amide bonds. The average molecular weight is 286 g/mol. The van der Waals surface area contributed by atoms with E-state index in [1.807, 2.05) is 6.92 Å². The number of rotatable bonds is 4. The highest BCUT2D eigenvalue weighted by molar-refractivity contribution is 7.89. The number of hydrogen-bond donors (Lipinski definition) is 1. The summed E-state index contributed by atoms with van der Waals surface area (Å²) in [7, 11) is -1.86. The summed E-state index contributed by atoms with van der Waals surface area (Å²) in [5, 5.41) is 2.91. The molecule has 6 heteroatoms. The van der Waals surface area contributed by atoms with Crippen LogP contribution in [-0.2, 0) is 16.6 Å². The third-order valence-electron chi connectivity index (χ3n) is 3.40. The van der Waals surface area contributed by atoms with Gasteiger partial charge >= 0.3 is 0 Å². The van der Waals surface area contributed by atoms with E-state index in [1.165, 1.54) is 16.4 Å². The zero-order valence-corrected chi connectivity index (χ0v) is 12.0. The molecule has 1 unspecified atom stereocenters. The monoisotopic (exact) mass is 286 g/mol. The van der Waals surface area contributed by atoms with Crippen LogP contribution in [0.2, 0.25) is 0 Å². The van der Waals surface area contributed by atoms with E-state index in [2.05, 4.69) is 5.32 Å². The van der Waals surface area contributed by atoms with Crippen molar-refractivity contribution in [2.75, 3.05) is 20.1 Å². The Morgan fingerprint density at radius 3 is 2.79 bits per heavy atom. The minimum absolute atomic E-state index is 0.0796. The van der Waals surface area contributed by atoms with Crippen molar-refractivity contribution in [2.45, 2.75) is 24.8 Å². The summed E-state index contributed by atoms with van der Waals surface area (Å²) < 4.78 is 39.9. The van der Waals surface area contributed by atoms with Crippen LogP contribution in [0, 0.1) is 11.7 Å². The smallest absolute Gasteiger partial charge is 0.243 e. The fraction of sp³-hybridized carbons (Fsp3) is 0.538. The molecule has 0 aromatic heterocycles. The largest absolute Gasteiger partial charge is 0.316 e. The van der Waals surface area contributed by atoms with Crippen LogP contribution in [0.1, 0.15) is 18.9 Å². The van der Waals surface area contributed by atoms with Crippen LogP contribution >= 0.6 is 0 Å². The van der Waals surface area contributed by atoms with E-state index in [0.29, 0.717) is 31.1 Å². The zero-order valence-electron chi connectivity index (χ0n) is 11.2. The van der Waals surface area contributed by atoms with Gasteiger partial charge < -0.3 is 5.32 Å². The van der Waals surface area contributed by atoms with Crippen LogP contribution in [0.3, 0.4) is 0 Å². The standard InChI is InChI=1S/C13H19FN2O2S/c1-10-5-6-16(9-10)19(17,18)13-7-12(14)4-3-11(13)8-15-2/h3-4,7,10,15H,5-6,8-9H2,1-2H3. The molecule has 0 spiro atoms. The summed E-state index contributed by atoms with van der Waals surface area (Å²) >= 11 is 0. The molecule has 1 atom stereocenters. The van der Waals surface area contributed by atoms with Crippen LogP contribution in [-0.4, -0.2) is 32.9 Å². The SMILES string of the molecule is CNCc1ccc(F)cc1S(=O)(=O)N1CCC(C)C1. The molecule has 1 fully saturated rings. The van der Waals surface area contributed by atoms with Crippen molar-refractivity contribution >= 4 is 10.0 Å². The van der Waals surface area contributed by atoms with Crippen LogP contribution in [0.25, 0.3) is 0 Å². The van der Waals surface area contributed by atoms with E-state index in [-0.39, 0.29) is 4.90 Å². The van der Waals surface area contributed by atoms with E-state index in [4.69, 9.17) is 0 Å². The number of nitrogens with one attached hydrogen (secondary N) is 1. The number of benzene rings is 1. The Kier molecular flexibility index (Phi) is 4.23. The molecule has 1 aliphatic heterocycles. The average Bonchev–Trinajstić information content (AvgIpc) is 2.79. The van der Waals surface area contributed by atoms with E-state index in [9.17, 15) is 12.8 Å². The molecule has 0 radical (unpaired) electrons. The lowest BCUT2D eigenvalue weighted by molar-refractivity contribution is 0.462. The molecule has 1 aromatic carbocycles. The predicted molar refractivity (Wildman–Crippen MR) is 71.7 cm³/mol. The fourth-order valence-corrected chi connectivity index (χ4v) is 4.16. The van der Waals surface area contributed by atoms with Gasteiger partial charge in [-0.1, -0.05) is 13.0 Å². The molecule has 0 aliphatic carbocycles. The van der Waals surface area contributed by atoms with Crippen molar-refractivity contribution < 1.29 is 12.8 Å². The van der Waals surface area contributed by atoms with Crippen LogP contribution in [0.4, 0.5) is 4.39 Å². The van der Waals surface area contributed by atoms with Gasteiger partial charge in [0.05, 0.1) is 4.90 Å². The van der Waals surface area contributed by atoms with Gasteiger partial charge in [0.2, 0.25) is 10.0 Å². The second-order valence-corrected chi connectivity index (χ2v) is 6.95. The van der Waals surface area contributed by atoms with E-state index < -0.39 is 15.8 Å². The van der Waals surface area contributed by atoms with E-state index in [1.54, 1.807) is 7.05 Å². The molecular formula is C13H19FN2O2S. The molecule has 2 rings (SSSR count). The van der Waals surface area contributed by atoms with E-state index >= 15 is 0 Å². The summed E-state index contributed by atoms with van der Waals surface area (Å²) in [4.78, 5) is 0.0796. The molecule has 0 saturated carbocycles. The summed E-state index contributed by atoms with van der Waals surface area (Å²) in [6.07, 6.45) is 0.857. The first kappa shape index (κ1) is 14.4. The Labute approximate surface area is 113 Å². The lowest BCUT2D eigenvalue weighted by Crippen LogP contribution is -2.30. The first-order valence-corrected chi connectivity index (χ1v) is 7.82. The second-order valence-electron chi connectivity index (χ2n) is 5.04. The molecule has 106 valence electrons. The van der Waals surface area contributed by atoms with Gasteiger partial charge in [-0.15, -0.1) is 0 Å². The van der Waals surface area contributed by atoms with Crippen LogP contribution in [0.5, 0.6) is 0 Å². The van der Waals surface area contributed by atoms with Crippen LogP contribution in [0.15, 0.2) is 23.1 Å². The van der Waals surface area contributed by atoms with Gasteiger partial charge in [0.15, 0.2) is 0 Å². The third kappa shape index (κ3) is 2.96. The van der Waals surface area contributed by atoms with Crippen molar-refractivity contribution in [1.82, 2.24) is 9.62 Å². The Morgan fingerprint density at radius 1 is 1.47 bits per heavy atom. The number of sulfonamides is 1. The van der Waals surface area contributed by atoms with Gasteiger partial charge in [0.25, 0.3) is 0 Å². The highest BCUT2D eigenvalue weighted by Crippen LogP contribution is 2.26. The van der Waals surface area contributed by atoms with Crippen LogP contribution < -0.4 is 5.32 Å². The predicted octanol–water partition coefficient (Wildman–Crippen LogP) is 1.58. The third-order valence-corrected chi connectivity index (χ3v) is 5.35. The summed E-state index contributed by atoms with van der Waals surface area (Å²) in [6, 6.07) is 3.93. The number of halogens is 1. The quantitative estimate of drug-likeness (QED) is 0.914. The first-order chi connectivity index (χ1) is 8.95. The normalized spacial score (nSPS) is 20.9. The second kappa shape index (κ2) is 5.56. The highest BCUT2D eigenvalue weighted by atomic mass is 32.2. The Balaban J connectivity index is 2.41. The molecule has 19 heavy (non-hydrogen) atoms. The molecule has 1 saturated heterocycles. The first-order valence-electron chi connectivity index (χ1n) is 6.38.